The standard InChI is InChI=1S/C20H25ClN2O3S/c1-4-23(12-15-6-8-18(21)27-15)20(24)22-19(13(2)3)14-5-7-16-17(11-14)26-10-9-25-16/h5-8,11,13,19H,4,9-10,12H2,1-3H3,(H,22,24)/t19-/m0/s1. The molecule has 3 rings (SSSR count). The summed E-state index contributed by atoms with van der Waals surface area (Å²) in [5, 5.41) is 3.18. The molecule has 1 aliphatic rings. The maximum atomic E-state index is 12.9. The number of hydrogen-bond acceptors (Lipinski definition) is 4. The second-order valence-corrected chi connectivity index (χ2v) is 8.59. The zero-order chi connectivity index (χ0) is 19.4. The molecule has 5 nitrogen and oxygen atoms in total. The molecule has 2 aromatic rings. The van der Waals surface area contributed by atoms with E-state index < -0.39 is 0 Å². The van der Waals surface area contributed by atoms with Crippen molar-refractivity contribution in [2.24, 2.45) is 5.92 Å². The Morgan fingerprint density at radius 3 is 2.59 bits per heavy atom. The number of thiophene rings is 1. The van der Waals surface area contributed by atoms with Gasteiger partial charge in [0, 0.05) is 11.4 Å². The molecule has 0 spiro atoms. The summed E-state index contributed by atoms with van der Waals surface area (Å²) in [7, 11) is 0. The third-order valence-corrected chi connectivity index (χ3v) is 5.73. The molecule has 1 aromatic carbocycles. The monoisotopic (exact) mass is 408 g/mol. The molecule has 0 bridgehead atoms. The normalized spacial score (nSPS) is 14.1. The summed E-state index contributed by atoms with van der Waals surface area (Å²) < 4.78 is 12.0. The lowest BCUT2D eigenvalue weighted by molar-refractivity contribution is 0.171. The summed E-state index contributed by atoms with van der Waals surface area (Å²) in [4.78, 5) is 15.7. The van der Waals surface area contributed by atoms with E-state index in [0.29, 0.717) is 26.3 Å². The Morgan fingerprint density at radius 1 is 1.22 bits per heavy atom. The van der Waals surface area contributed by atoms with E-state index in [-0.39, 0.29) is 18.0 Å². The number of nitrogens with zero attached hydrogens (tertiary/aromatic N) is 1. The Morgan fingerprint density at radius 2 is 1.96 bits per heavy atom. The first-order valence-electron chi connectivity index (χ1n) is 9.17. The maximum absolute atomic E-state index is 12.9. The van der Waals surface area contributed by atoms with Gasteiger partial charge >= 0.3 is 6.03 Å². The van der Waals surface area contributed by atoms with Gasteiger partial charge in [-0.15, -0.1) is 11.3 Å². The number of ether oxygens (including phenoxy) is 2. The molecule has 2 amide bonds. The molecule has 0 aliphatic carbocycles. The number of hydrogen-bond donors (Lipinski definition) is 1. The predicted molar refractivity (Wildman–Crippen MR) is 109 cm³/mol. The van der Waals surface area contributed by atoms with E-state index in [1.165, 1.54) is 11.3 Å². The zero-order valence-electron chi connectivity index (χ0n) is 15.8. The molecule has 27 heavy (non-hydrogen) atoms. The fourth-order valence-electron chi connectivity index (χ4n) is 3.06. The average molecular weight is 409 g/mol. The van der Waals surface area contributed by atoms with Crippen LogP contribution in [0.5, 0.6) is 11.5 Å². The maximum Gasteiger partial charge on any atom is 0.318 e. The minimum absolute atomic E-state index is 0.0874. The van der Waals surface area contributed by atoms with Crippen LogP contribution in [0.25, 0.3) is 0 Å². The van der Waals surface area contributed by atoms with Crippen LogP contribution < -0.4 is 14.8 Å². The Balaban J connectivity index is 1.74. The van der Waals surface area contributed by atoms with Crippen LogP contribution in [0.1, 0.15) is 37.3 Å². The summed E-state index contributed by atoms with van der Waals surface area (Å²) in [6.07, 6.45) is 0. The molecule has 7 heteroatoms. The third-order valence-electron chi connectivity index (χ3n) is 4.52. The van der Waals surface area contributed by atoms with Crippen molar-refractivity contribution in [3.05, 3.63) is 45.1 Å². The van der Waals surface area contributed by atoms with Crippen molar-refractivity contribution >= 4 is 29.0 Å². The molecule has 0 radical (unpaired) electrons. The van der Waals surface area contributed by atoms with Crippen LogP contribution in [0.2, 0.25) is 4.34 Å². The first-order chi connectivity index (χ1) is 13.0. The van der Waals surface area contributed by atoms with Crippen LogP contribution in [-0.4, -0.2) is 30.7 Å². The fourth-order valence-corrected chi connectivity index (χ4v) is 4.17. The van der Waals surface area contributed by atoms with Crippen molar-refractivity contribution in [2.45, 2.75) is 33.4 Å². The molecule has 1 atom stereocenters. The van der Waals surface area contributed by atoms with Gasteiger partial charge in [-0.05, 0) is 42.7 Å². The molecular formula is C20H25ClN2O3S. The second-order valence-electron chi connectivity index (χ2n) is 6.79. The van der Waals surface area contributed by atoms with E-state index in [2.05, 4.69) is 19.2 Å². The third kappa shape index (κ3) is 4.87. The van der Waals surface area contributed by atoms with Crippen molar-refractivity contribution in [1.82, 2.24) is 10.2 Å². The lowest BCUT2D eigenvalue weighted by atomic mass is 9.95. The second kappa shape index (κ2) is 8.85. The summed E-state index contributed by atoms with van der Waals surface area (Å²) in [5.74, 6) is 1.72. The van der Waals surface area contributed by atoms with Crippen molar-refractivity contribution < 1.29 is 14.3 Å². The smallest absolute Gasteiger partial charge is 0.318 e. The Hall–Kier alpha value is -1.92. The van der Waals surface area contributed by atoms with Gasteiger partial charge in [0.05, 0.1) is 16.9 Å². The molecule has 146 valence electrons. The molecule has 0 saturated heterocycles. The summed E-state index contributed by atoms with van der Waals surface area (Å²) in [5.41, 5.74) is 1.01. The molecular weight excluding hydrogens is 384 g/mol. The van der Waals surface area contributed by atoms with E-state index in [4.69, 9.17) is 21.1 Å². The first-order valence-corrected chi connectivity index (χ1v) is 10.4. The number of halogens is 1. The topological polar surface area (TPSA) is 50.8 Å². The van der Waals surface area contributed by atoms with Gasteiger partial charge in [-0.1, -0.05) is 31.5 Å². The van der Waals surface area contributed by atoms with Gasteiger partial charge in [0.25, 0.3) is 0 Å². The highest BCUT2D eigenvalue weighted by Crippen LogP contribution is 2.34. The van der Waals surface area contributed by atoms with E-state index >= 15 is 0 Å². The van der Waals surface area contributed by atoms with Crippen LogP contribution >= 0.6 is 22.9 Å². The van der Waals surface area contributed by atoms with Gasteiger partial charge < -0.3 is 19.7 Å². The fraction of sp³-hybridized carbons (Fsp3) is 0.450. The van der Waals surface area contributed by atoms with Crippen LogP contribution in [-0.2, 0) is 6.54 Å². The van der Waals surface area contributed by atoms with Gasteiger partial charge in [-0.2, -0.15) is 0 Å². The van der Waals surface area contributed by atoms with Crippen LogP contribution in [0.3, 0.4) is 0 Å². The number of nitrogens with one attached hydrogen (secondary N) is 1. The molecule has 1 aliphatic heterocycles. The number of benzene rings is 1. The number of carbonyl (C=O) groups is 1. The number of carbonyl (C=O) groups excluding carboxylic acids is 1. The van der Waals surface area contributed by atoms with Crippen molar-refractivity contribution in [3.8, 4) is 11.5 Å². The van der Waals surface area contributed by atoms with E-state index in [9.17, 15) is 4.79 Å². The van der Waals surface area contributed by atoms with Crippen LogP contribution in [0, 0.1) is 5.92 Å². The summed E-state index contributed by atoms with van der Waals surface area (Å²) >= 11 is 7.51. The van der Waals surface area contributed by atoms with E-state index in [0.717, 1.165) is 26.3 Å². The molecule has 2 heterocycles. The van der Waals surface area contributed by atoms with Crippen molar-refractivity contribution in [3.63, 3.8) is 0 Å². The summed E-state index contributed by atoms with van der Waals surface area (Å²) in [6, 6.07) is 9.49. The number of urea groups is 1. The van der Waals surface area contributed by atoms with Crippen LogP contribution in [0.15, 0.2) is 30.3 Å². The van der Waals surface area contributed by atoms with Crippen LogP contribution in [0.4, 0.5) is 4.79 Å². The average Bonchev–Trinajstić information content (AvgIpc) is 3.08. The number of rotatable bonds is 6. The number of amides is 2. The highest BCUT2D eigenvalue weighted by molar-refractivity contribution is 7.16. The van der Waals surface area contributed by atoms with Gasteiger partial charge in [-0.3, -0.25) is 0 Å². The molecule has 1 aromatic heterocycles. The lowest BCUT2D eigenvalue weighted by Crippen LogP contribution is -2.42. The molecule has 1 N–H and O–H groups in total. The largest absolute Gasteiger partial charge is 0.486 e. The van der Waals surface area contributed by atoms with E-state index in [1.807, 2.05) is 37.3 Å². The lowest BCUT2D eigenvalue weighted by Gasteiger charge is -2.28. The first kappa shape index (κ1) is 19.8. The molecule has 0 unspecified atom stereocenters. The Labute approximate surface area is 169 Å². The SMILES string of the molecule is CCN(Cc1ccc(Cl)s1)C(=O)N[C@H](c1ccc2c(c1)OCCO2)C(C)C. The highest BCUT2D eigenvalue weighted by atomic mass is 35.5. The van der Waals surface area contributed by atoms with Gasteiger partial charge in [-0.25, -0.2) is 4.79 Å². The Kier molecular flexibility index (Phi) is 6.50. The minimum atomic E-state index is -0.116. The predicted octanol–water partition coefficient (Wildman–Crippen LogP) is 5.10. The van der Waals surface area contributed by atoms with Gasteiger partial charge in [0.1, 0.15) is 13.2 Å². The van der Waals surface area contributed by atoms with E-state index in [1.54, 1.807) is 4.90 Å². The number of fused-ring (bicyclic) bond motifs is 1. The van der Waals surface area contributed by atoms with Crippen molar-refractivity contribution in [2.75, 3.05) is 19.8 Å². The molecule has 0 saturated carbocycles. The zero-order valence-corrected chi connectivity index (χ0v) is 17.4. The highest BCUT2D eigenvalue weighted by Gasteiger charge is 2.23. The summed E-state index contributed by atoms with van der Waals surface area (Å²) in [6.45, 7) is 8.44. The van der Waals surface area contributed by atoms with Gasteiger partial charge in [0.15, 0.2) is 11.5 Å². The minimum Gasteiger partial charge on any atom is -0.486 e. The van der Waals surface area contributed by atoms with Gasteiger partial charge in [0.2, 0.25) is 0 Å². The quantitative estimate of drug-likeness (QED) is 0.723. The molecule has 0 fully saturated rings. The Bertz CT molecular complexity index is 793. The van der Waals surface area contributed by atoms with Crippen molar-refractivity contribution in [1.29, 1.82) is 0 Å².